The number of Topliss-reactive ketones (excluding diaryl/α,β-unsaturated/α-hetero) is 1. The maximum atomic E-state index is 11.6. The quantitative estimate of drug-likeness (QED) is 0.501. The van der Waals surface area contributed by atoms with Crippen LogP contribution in [0.1, 0.15) is 19.3 Å². The number of hydroxylamine groups is 2. The van der Waals surface area contributed by atoms with Crippen molar-refractivity contribution in [1.29, 1.82) is 0 Å². The average Bonchev–Trinajstić information content (AvgIpc) is 2.29. The average molecular weight is 215 g/mol. The van der Waals surface area contributed by atoms with E-state index in [1.807, 2.05) is 5.06 Å². The second-order valence-corrected chi connectivity index (χ2v) is 3.61. The normalized spacial score (nSPS) is 18.8. The van der Waals surface area contributed by atoms with E-state index < -0.39 is 5.97 Å². The Balaban J connectivity index is 2.33. The van der Waals surface area contributed by atoms with Gasteiger partial charge in [-0.2, -0.15) is 5.06 Å². The third-order valence-corrected chi connectivity index (χ3v) is 2.71. The Bertz CT molecular complexity index is 234. The van der Waals surface area contributed by atoms with E-state index >= 15 is 0 Å². The van der Waals surface area contributed by atoms with Crippen molar-refractivity contribution in [1.82, 2.24) is 5.06 Å². The summed E-state index contributed by atoms with van der Waals surface area (Å²) in [6.45, 7) is 1.49. The predicted octanol–water partition coefficient (Wildman–Crippen LogP) is 0.392. The first-order valence-corrected chi connectivity index (χ1v) is 5.06. The van der Waals surface area contributed by atoms with Crippen LogP contribution < -0.4 is 0 Å². The summed E-state index contributed by atoms with van der Waals surface area (Å²) < 4.78 is 4.46. The van der Waals surface area contributed by atoms with Gasteiger partial charge in [0.15, 0.2) is 0 Å². The summed E-state index contributed by atoms with van der Waals surface area (Å²) in [5.74, 6) is -0.484. The van der Waals surface area contributed by atoms with Crippen LogP contribution in [0.2, 0.25) is 0 Å². The Morgan fingerprint density at radius 3 is 2.33 bits per heavy atom. The van der Waals surface area contributed by atoms with Crippen LogP contribution >= 0.6 is 0 Å². The molecule has 0 saturated carbocycles. The van der Waals surface area contributed by atoms with Crippen molar-refractivity contribution in [3.63, 3.8) is 0 Å². The number of rotatable bonds is 4. The first-order valence-electron chi connectivity index (χ1n) is 5.06. The molecule has 1 rings (SSSR count). The molecule has 0 spiro atoms. The molecule has 0 aromatic rings. The van der Waals surface area contributed by atoms with Gasteiger partial charge in [0.2, 0.25) is 0 Å². The molecule has 0 unspecified atom stereocenters. The van der Waals surface area contributed by atoms with Crippen LogP contribution in [0.25, 0.3) is 0 Å². The molecule has 0 aliphatic carbocycles. The molecule has 0 N–H and O–H groups in total. The topological polar surface area (TPSA) is 55.8 Å². The number of nitrogens with zero attached hydrogens (tertiary/aromatic N) is 1. The highest BCUT2D eigenvalue weighted by Crippen LogP contribution is 2.19. The Morgan fingerprint density at radius 2 is 1.87 bits per heavy atom. The summed E-state index contributed by atoms with van der Waals surface area (Å²) in [5, 5.41) is 1.82. The lowest BCUT2D eigenvalue weighted by Crippen LogP contribution is -2.36. The van der Waals surface area contributed by atoms with Gasteiger partial charge in [-0.05, 0) is 12.8 Å². The van der Waals surface area contributed by atoms with Crippen molar-refractivity contribution in [3.8, 4) is 0 Å². The van der Waals surface area contributed by atoms with E-state index in [2.05, 4.69) is 4.74 Å². The van der Waals surface area contributed by atoms with Crippen LogP contribution in [0.3, 0.4) is 0 Å². The second kappa shape index (κ2) is 5.82. The Labute approximate surface area is 89.3 Å². The van der Waals surface area contributed by atoms with Gasteiger partial charge < -0.3 is 9.57 Å². The smallest absolute Gasteiger partial charge is 0.313 e. The minimum absolute atomic E-state index is 0.0161. The van der Waals surface area contributed by atoms with Crippen LogP contribution in [0.5, 0.6) is 0 Å². The first kappa shape index (κ1) is 12.1. The summed E-state index contributed by atoms with van der Waals surface area (Å²) in [6, 6.07) is 0. The fraction of sp³-hybridized carbons (Fsp3) is 0.800. The van der Waals surface area contributed by atoms with Crippen molar-refractivity contribution in [2.45, 2.75) is 19.3 Å². The number of methoxy groups -OCH3 is 1. The predicted molar refractivity (Wildman–Crippen MR) is 52.9 cm³/mol. The lowest BCUT2D eigenvalue weighted by molar-refractivity contribution is -0.155. The number of ketones is 1. The lowest BCUT2D eigenvalue weighted by atomic mass is 9.92. The second-order valence-electron chi connectivity index (χ2n) is 3.61. The van der Waals surface area contributed by atoms with Gasteiger partial charge in [-0.1, -0.05) is 0 Å². The molecule has 0 amide bonds. The summed E-state index contributed by atoms with van der Waals surface area (Å²) in [7, 11) is 2.92. The van der Waals surface area contributed by atoms with E-state index in [9.17, 15) is 9.59 Å². The molecule has 1 aliphatic rings. The Kier molecular flexibility index (Phi) is 4.71. The van der Waals surface area contributed by atoms with Crippen molar-refractivity contribution in [2.75, 3.05) is 27.3 Å². The molecule has 86 valence electrons. The van der Waals surface area contributed by atoms with Crippen LogP contribution in [0.4, 0.5) is 0 Å². The van der Waals surface area contributed by atoms with E-state index in [-0.39, 0.29) is 18.1 Å². The SMILES string of the molecule is COC(=O)CC(=O)C1CCN(OC)CC1. The van der Waals surface area contributed by atoms with Gasteiger partial charge in [0.25, 0.3) is 0 Å². The monoisotopic (exact) mass is 215 g/mol. The van der Waals surface area contributed by atoms with Crippen LogP contribution in [-0.2, 0) is 19.2 Å². The molecule has 1 saturated heterocycles. The standard InChI is InChI=1S/C10H17NO4/c1-14-10(13)7-9(12)8-3-5-11(15-2)6-4-8/h8H,3-7H2,1-2H3. The summed E-state index contributed by atoms with van der Waals surface area (Å²) in [6.07, 6.45) is 1.40. The Morgan fingerprint density at radius 1 is 1.27 bits per heavy atom. The van der Waals surface area contributed by atoms with E-state index in [0.29, 0.717) is 0 Å². The van der Waals surface area contributed by atoms with Gasteiger partial charge in [-0.25, -0.2) is 0 Å². The molecule has 0 radical (unpaired) electrons. The number of esters is 1. The molecule has 0 bridgehead atoms. The third kappa shape index (κ3) is 3.60. The number of hydrogen-bond donors (Lipinski definition) is 0. The summed E-state index contributed by atoms with van der Waals surface area (Å²) in [5.41, 5.74) is 0. The van der Waals surface area contributed by atoms with Gasteiger partial charge in [0, 0.05) is 19.0 Å². The molecule has 1 heterocycles. The van der Waals surface area contributed by atoms with E-state index in [4.69, 9.17) is 4.84 Å². The van der Waals surface area contributed by atoms with Crippen LogP contribution in [-0.4, -0.2) is 44.1 Å². The largest absolute Gasteiger partial charge is 0.469 e. The zero-order valence-corrected chi connectivity index (χ0v) is 9.19. The Hall–Kier alpha value is -0.940. The van der Waals surface area contributed by atoms with Gasteiger partial charge in [0.1, 0.15) is 12.2 Å². The molecule has 0 atom stereocenters. The van der Waals surface area contributed by atoms with Crippen molar-refractivity contribution in [3.05, 3.63) is 0 Å². The maximum absolute atomic E-state index is 11.6. The number of carbonyl (C=O) groups is 2. The molecule has 5 nitrogen and oxygen atoms in total. The summed E-state index contributed by atoms with van der Waals surface area (Å²) in [4.78, 5) is 27.6. The molecule has 5 heteroatoms. The number of carbonyl (C=O) groups excluding carboxylic acids is 2. The lowest BCUT2D eigenvalue weighted by Gasteiger charge is -2.28. The van der Waals surface area contributed by atoms with Crippen molar-refractivity contribution in [2.24, 2.45) is 5.92 Å². The first-order chi connectivity index (χ1) is 7.17. The van der Waals surface area contributed by atoms with Gasteiger partial charge in [-0.3, -0.25) is 9.59 Å². The highest BCUT2D eigenvalue weighted by Gasteiger charge is 2.26. The van der Waals surface area contributed by atoms with E-state index in [1.54, 1.807) is 7.11 Å². The molecule has 0 aromatic heterocycles. The number of hydrogen-bond acceptors (Lipinski definition) is 5. The molecular weight excluding hydrogens is 198 g/mol. The van der Waals surface area contributed by atoms with Crippen molar-refractivity contribution < 1.29 is 19.2 Å². The highest BCUT2D eigenvalue weighted by atomic mass is 16.7. The minimum Gasteiger partial charge on any atom is -0.469 e. The van der Waals surface area contributed by atoms with Gasteiger partial charge in [-0.15, -0.1) is 0 Å². The fourth-order valence-electron chi connectivity index (χ4n) is 1.72. The molecule has 15 heavy (non-hydrogen) atoms. The zero-order valence-electron chi connectivity index (χ0n) is 9.19. The van der Waals surface area contributed by atoms with Gasteiger partial charge >= 0.3 is 5.97 Å². The fourth-order valence-corrected chi connectivity index (χ4v) is 1.72. The molecule has 1 aliphatic heterocycles. The zero-order chi connectivity index (χ0) is 11.3. The summed E-state index contributed by atoms with van der Waals surface area (Å²) >= 11 is 0. The minimum atomic E-state index is -0.450. The third-order valence-electron chi connectivity index (χ3n) is 2.71. The molecular formula is C10H17NO4. The molecule has 0 aromatic carbocycles. The van der Waals surface area contributed by atoms with Crippen molar-refractivity contribution >= 4 is 11.8 Å². The number of ether oxygens (including phenoxy) is 1. The highest BCUT2D eigenvalue weighted by molar-refractivity contribution is 5.96. The molecule has 1 fully saturated rings. The number of piperidine rings is 1. The van der Waals surface area contributed by atoms with E-state index in [1.165, 1.54) is 7.11 Å². The van der Waals surface area contributed by atoms with Crippen LogP contribution in [0.15, 0.2) is 0 Å². The maximum Gasteiger partial charge on any atom is 0.313 e. The van der Waals surface area contributed by atoms with Gasteiger partial charge in [0.05, 0.1) is 14.2 Å². The van der Waals surface area contributed by atoms with Crippen LogP contribution in [0, 0.1) is 5.92 Å². The van der Waals surface area contributed by atoms with E-state index in [0.717, 1.165) is 25.9 Å².